The summed E-state index contributed by atoms with van der Waals surface area (Å²) in [5.74, 6) is -0.466. The van der Waals surface area contributed by atoms with E-state index in [1.807, 2.05) is 30.4 Å². The Kier molecular flexibility index (Phi) is 13.9. The second-order valence-electron chi connectivity index (χ2n) is 9.47. The first-order chi connectivity index (χ1) is 16.9. The highest BCUT2D eigenvalue weighted by Crippen LogP contribution is 2.37. The molecule has 1 aromatic carbocycles. The van der Waals surface area contributed by atoms with Crippen molar-refractivity contribution in [1.29, 1.82) is 0 Å². The summed E-state index contributed by atoms with van der Waals surface area (Å²) in [7, 11) is 0. The van der Waals surface area contributed by atoms with Gasteiger partial charge in [-0.2, -0.15) is 0 Å². The number of aliphatic hydroxyl groups excluding tert-OH is 3. The molecule has 1 saturated carbocycles. The number of hydrogen-bond acceptors (Lipinski definition) is 6. The van der Waals surface area contributed by atoms with Crippen LogP contribution in [-0.4, -0.2) is 70.7 Å². The van der Waals surface area contributed by atoms with Crippen molar-refractivity contribution in [3.05, 3.63) is 60.2 Å². The SMILES string of the molecule is CCN(CC)CCOC(=O)/C=C\CCCC[C@@H]1[C@@H](/C=C/[C@@H](O)CCc2ccccc2)[C@H](O)C[C@@H]1O. The lowest BCUT2D eigenvalue weighted by Gasteiger charge is -2.21. The average Bonchev–Trinajstić information content (AvgIpc) is 3.13. The predicted octanol–water partition coefficient (Wildman–Crippen LogP) is 3.90. The Hall–Kier alpha value is -1.99. The van der Waals surface area contributed by atoms with Crippen molar-refractivity contribution in [2.75, 3.05) is 26.2 Å². The van der Waals surface area contributed by atoms with E-state index < -0.39 is 18.3 Å². The van der Waals surface area contributed by atoms with Gasteiger partial charge in [0.1, 0.15) is 6.61 Å². The number of carbonyl (C=O) groups excluding carboxylic acids is 1. The third-order valence-electron chi connectivity index (χ3n) is 7.00. The molecule has 0 saturated heterocycles. The fourth-order valence-corrected chi connectivity index (χ4v) is 4.77. The van der Waals surface area contributed by atoms with Crippen LogP contribution in [-0.2, 0) is 16.0 Å². The molecule has 1 aliphatic carbocycles. The highest BCUT2D eigenvalue weighted by Gasteiger charge is 2.39. The number of ether oxygens (including phenoxy) is 1. The van der Waals surface area contributed by atoms with E-state index >= 15 is 0 Å². The molecule has 0 radical (unpaired) electrons. The zero-order chi connectivity index (χ0) is 25.5. The van der Waals surface area contributed by atoms with E-state index in [1.165, 1.54) is 11.6 Å². The minimum Gasteiger partial charge on any atom is -0.461 e. The molecule has 5 atom stereocenters. The van der Waals surface area contributed by atoms with Crippen molar-refractivity contribution < 1.29 is 24.9 Å². The molecule has 0 spiro atoms. The van der Waals surface area contributed by atoms with Gasteiger partial charge in [0.2, 0.25) is 0 Å². The first-order valence-corrected chi connectivity index (χ1v) is 13.3. The number of nitrogens with zero attached hydrogens (tertiary/aromatic N) is 1. The lowest BCUT2D eigenvalue weighted by molar-refractivity contribution is -0.138. The van der Waals surface area contributed by atoms with E-state index in [4.69, 9.17) is 4.74 Å². The summed E-state index contributed by atoms with van der Waals surface area (Å²) in [6.45, 7) is 7.23. The number of esters is 1. The minimum absolute atomic E-state index is 0.0170. The summed E-state index contributed by atoms with van der Waals surface area (Å²) in [4.78, 5) is 14.0. The van der Waals surface area contributed by atoms with Crippen LogP contribution in [0.15, 0.2) is 54.6 Å². The Labute approximate surface area is 211 Å². The molecular formula is C29H45NO5. The maximum absolute atomic E-state index is 11.8. The van der Waals surface area contributed by atoms with E-state index in [2.05, 4.69) is 30.9 Å². The fraction of sp³-hybridized carbons (Fsp3) is 0.621. The Bertz CT molecular complexity index is 762. The third-order valence-corrected chi connectivity index (χ3v) is 7.00. The summed E-state index contributed by atoms with van der Waals surface area (Å²) < 4.78 is 5.24. The molecule has 0 aliphatic heterocycles. The smallest absolute Gasteiger partial charge is 0.330 e. The van der Waals surface area contributed by atoms with Gasteiger partial charge in [-0.25, -0.2) is 4.79 Å². The normalized spacial score (nSPS) is 23.5. The topological polar surface area (TPSA) is 90.2 Å². The van der Waals surface area contributed by atoms with Crippen molar-refractivity contribution in [3.8, 4) is 0 Å². The number of benzene rings is 1. The molecule has 0 bridgehead atoms. The standard InChI is InChI=1S/C29H45NO5/c1-3-30(4-2)20-21-35-29(34)15-11-6-5-10-14-25-26(28(33)22-27(25)32)19-18-24(31)17-16-23-12-8-7-9-13-23/h7-9,11-13,15,18-19,24-28,31-33H,3-6,10,14,16-17,20-22H2,1-2H3/b15-11-,19-18+/t24-,25+,26+,27-,28+/m0/s1. The number of aryl methyl sites for hydroxylation is 1. The molecule has 0 amide bonds. The maximum atomic E-state index is 11.8. The van der Waals surface area contributed by atoms with Gasteiger partial charge in [0.05, 0.1) is 18.3 Å². The van der Waals surface area contributed by atoms with E-state index in [0.29, 0.717) is 19.4 Å². The molecule has 6 heteroatoms. The molecule has 0 unspecified atom stereocenters. The lowest BCUT2D eigenvalue weighted by atomic mass is 9.88. The Morgan fingerprint density at radius 3 is 2.60 bits per heavy atom. The van der Waals surface area contributed by atoms with Crippen LogP contribution in [0.2, 0.25) is 0 Å². The molecule has 196 valence electrons. The van der Waals surface area contributed by atoms with E-state index in [0.717, 1.165) is 51.7 Å². The van der Waals surface area contributed by atoms with Gasteiger partial charge in [-0.1, -0.05) is 68.8 Å². The monoisotopic (exact) mass is 487 g/mol. The molecule has 1 aromatic rings. The Morgan fingerprint density at radius 1 is 1.14 bits per heavy atom. The molecule has 35 heavy (non-hydrogen) atoms. The van der Waals surface area contributed by atoms with Gasteiger partial charge in [-0.3, -0.25) is 0 Å². The van der Waals surface area contributed by atoms with Crippen LogP contribution in [0.4, 0.5) is 0 Å². The van der Waals surface area contributed by atoms with Gasteiger partial charge < -0.3 is 25.0 Å². The number of rotatable bonds is 16. The molecule has 1 fully saturated rings. The van der Waals surface area contributed by atoms with Crippen LogP contribution in [0.3, 0.4) is 0 Å². The minimum atomic E-state index is -0.585. The zero-order valence-electron chi connectivity index (χ0n) is 21.5. The van der Waals surface area contributed by atoms with E-state index in [-0.39, 0.29) is 17.8 Å². The number of allylic oxidation sites excluding steroid dienone is 1. The number of carbonyl (C=O) groups is 1. The van der Waals surface area contributed by atoms with Crippen molar-refractivity contribution >= 4 is 5.97 Å². The van der Waals surface area contributed by atoms with Crippen LogP contribution >= 0.6 is 0 Å². The number of hydrogen-bond donors (Lipinski definition) is 3. The summed E-state index contributed by atoms with van der Waals surface area (Å²) in [5, 5.41) is 31.2. The number of unbranched alkanes of at least 4 members (excludes halogenated alkanes) is 2. The van der Waals surface area contributed by atoms with Gasteiger partial charge in [0.25, 0.3) is 0 Å². The predicted molar refractivity (Wildman–Crippen MR) is 140 cm³/mol. The highest BCUT2D eigenvalue weighted by molar-refractivity contribution is 5.81. The zero-order valence-corrected chi connectivity index (χ0v) is 21.5. The quantitative estimate of drug-likeness (QED) is 0.142. The Morgan fingerprint density at radius 2 is 1.89 bits per heavy atom. The summed E-state index contributed by atoms with van der Waals surface area (Å²) >= 11 is 0. The molecule has 1 aliphatic rings. The van der Waals surface area contributed by atoms with Crippen LogP contribution in [0.1, 0.15) is 57.9 Å². The van der Waals surface area contributed by atoms with Crippen LogP contribution in [0, 0.1) is 11.8 Å². The second-order valence-corrected chi connectivity index (χ2v) is 9.47. The van der Waals surface area contributed by atoms with Crippen LogP contribution < -0.4 is 0 Å². The lowest BCUT2D eigenvalue weighted by Crippen LogP contribution is -2.27. The van der Waals surface area contributed by atoms with E-state index in [9.17, 15) is 20.1 Å². The highest BCUT2D eigenvalue weighted by atomic mass is 16.5. The second kappa shape index (κ2) is 16.6. The molecule has 3 N–H and O–H groups in total. The van der Waals surface area contributed by atoms with Gasteiger partial charge >= 0.3 is 5.97 Å². The molecular weight excluding hydrogens is 442 g/mol. The van der Waals surface area contributed by atoms with Gasteiger partial charge in [0.15, 0.2) is 0 Å². The average molecular weight is 488 g/mol. The van der Waals surface area contributed by atoms with Crippen LogP contribution in [0.5, 0.6) is 0 Å². The first-order valence-electron chi connectivity index (χ1n) is 13.3. The molecule has 2 rings (SSSR count). The largest absolute Gasteiger partial charge is 0.461 e. The molecule has 0 aromatic heterocycles. The maximum Gasteiger partial charge on any atom is 0.330 e. The van der Waals surface area contributed by atoms with Crippen LogP contribution in [0.25, 0.3) is 0 Å². The Balaban J connectivity index is 1.68. The van der Waals surface area contributed by atoms with Gasteiger partial charge in [-0.15, -0.1) is 0 Å². The summed E-state index contributed by atoms with van der Waals surface area (Å²) in [6, 6.07) is 10.1. The van der Waals surface area contributed by atoms with Crippen molar-refractivity contribution in [2.24, 2.45) is 11.8 Å². The number of likely N-dealkylation sites (N-methyl/N-ethyl adjacent to an activating group) is 1. The summed E-state index contributed by atoms with van der Waals surface area (Å²) in [5.41, 5.74) is 1.19. The first kappa shape index (κ1) is 29.2. The van der Waals surface area contributed by atoms with Crippen molar-refractivity contribution in [2.45, 2.75) is 77.1 Å². The van der Waals surface area contributed by atoms with E-state index in [1.54, 1.807) is 6.08 Å². The fourth-order valence-electron chi connectivity index (χ4n) is 4.77. The molecule has 0 heterocycles. The van der Waals surface area contributed by atoms with Gasteiger partial charge in [-0.05, 0) is 56.7 Å². The number of aliphatic hydroxyl groups is 3. The third kappa shape index (κ3) is 11.1. The van der Waals surface area contributed by atoms with Crippen molar-refractivity contribution in [3.63, 3.8) is 0 Å². The molecule has 6 nitrogen and oxygen atoms in total. The van der Waals surface area contributed by atoms with Crippen molar-refractivity contribution in [1.82, 2.24) is 4.90 Å². The summed E-state index contributed by atoms with van der Waals surface area (Å²) in [6.07, 6.45) is 10.5. The van der Waals surface area contributed by atoms with Gasteiger partial charge in [0, 0.05) is 25.0 Å².